The second-order valence-corrected chi connectivity index (χ2v) is 2.80. The van der Waals surface area contributed by atoms with E-state index in [9.17, 15) is 4.79 Å². The normalized spacial score (nSPS) is 25.0. The van der Waals surface area contributed by atoms with Gasteiger partial charge in [-0.05, 0) is 12.8 Å². The highest BCUT2D eigenvalue weighted by atomic mass is 16.7. The van der Waals surface area contributed by atoms with Crippen LogP contribution < -0.4 is 5.48 Å². The Morgan fingerprint density at radius 3 is 3.09 bits per heavy atom. The lowest BCUT2D eigenvalue weighted by Crippen LogP contribution is -2.38. The quantitative estimate of drug-likeness (QED) is 0.608. The third-order valence-corrected chi connectivity index (χ3v) is 1.74. The summed E-state index contributed by atoms with van der Waals surface area (Å²) in [7, 11) is 0. The van der Waals surface area contributed by atoms with Crippen LogP contribution >= 0.6 is 0 Å². The summed E-state index contributed by atoms with van der Waals surface area (Å²) in [4.78, 5) is 15.4. The first-order valence-electron chi connectivity index (χ1n) is 3.88. The Morgan fingerprint density at radius 1 is 1.82 bits per heavy atom. The molecule has 0 aliphatic carbocycles. The summed E-state index contributed by atoms with van der Waals surface area (Å²) in [6, 6.07) is 0.269. The van der Waals surface area contributed by atoms with Crippen molar-refractivity contribution in [2.75, 3.05) is 0 Å². The average Bonchev–Trinajstić information content (AvgIpc) is 1.98. The zero-order valence-electron chi connectivity index (χ0n) is 6.72. The van der Waals surface area contributed by atoms with Crippen LogP contribution in [0.4, 0.5) is 0 Å². The molecule has 1 fully saturated rings. The molecule has 0 radical (unpaired) electrons. The summed E-state index contributed by atoms with van der Waals surface area (Å²) >= 11 is 0. The van der Waals surface area contributed by atoms with Crippen LogP contribution in [0, 0.1) is 0 Å². The highest BCUT2D eigenvalue weighted by Crippen LogP contribution is 2.14. The van der Waals surface area contributed by atoms with Crippen molar-refractivity contribution in [1.82, 2.24) is 5.48 Å². The molecule has 3 heteroatoms. The van der Waals surface area contributed by atoms with Crippen molar-refractivity contribution in [3.63, 3.8) is 0 Å². The van der Waals surface area contributed by atoms with E-state index < -0.39 is 0 Å². The van der Waals surface area contributed by atoms with Crippen LogP contribution in [-0.4, -0.2) is 12.0 Å². The molecule has 1 saturated heterocycles. The van der Waals surface area contributed by atoms with E-state index >= 15 is 0 Å². The lowest BCUT2D eigenvalue weighted by molar-refractivity contribution is -0.152. The van der Waals surface area contributed by atoms with Crippen LogP contribution in [0.5, 0.6) is 0 Å². The van der Waals surface area contributed by atoms with Gasteiger partial charge in [0.1, 0.15) is 0 Å². The molecule has 1 heterocycles. The van der Waals surface area contributed by atoms with Gasteiger partial charge in [-0.2, -0.15) is 0 Å². The molecule has 3 nitrogen and oxygen atoms in total. The molecule has 0 amide bonds. The third kappa shape index (κ3) is 2.05. The molecule has 1 aliphatic heterocycles. The Hall–Kier alpha value is -0.830. The topological polar surface area (TPSA) is 38.3 Å². The lowest BCUT2D eigenvalue weighted by atomic mass is 10.0. The minimum Gasteiger partial charge on any atom is -0.367 e. The van der Waals surface area contributed by atoms with Crippen LogP contribution in [0.1, 0.15) is 26.2 Å². The van der Waals surface area contributed by atoms with E-state index in [2.05, 4.69) is 23.8 Å². The van der Waals surface area contributed by atoms with E-state index in [0.717, 1.165) is 12.8 Å². The molecule has 62 valence electrons. The highest BCUT2D eigenvalue weighted by Gasteiger charge is 2.21. The third-order valence-electron chi connectivity index (χ3n) is 1.74. The zero-order valence-corrected chi connectivity index (χ0v) is 6.72. The van der Waals surface area contributed by atoms with E-state index in [4.69, 9.17) is 0 Å². The Labute approximate surface area is 66.4 Å². The molecule has 1 atom stereocenters. The first-order valence-corrected chi connectivity index (χ1v) is 3.88. The van der Waals surface area contributed by atoms with Gasteiger partial charge >= 0.3 is 5.97 Å². The van der Waals surface area contributed by atoms with E-state index in [1.165, 1.54) is 0 Å². The van der Waals surface area contributed by atoms with E-state index in [1.54, 1.807) is 0 Å². The van der Waals surface area contributed by atoms with Crippen molar-refractivity contribution in [1.29, 1.82) is 0 Å². The van der Waals surface area contributed by atoms with Crippen LogP contribution in [0.2, 0.25) is 0 Å². The fourth-order valence-corrected chi connectivity index (χ4v) is 1.14. The molecule has 11 heavy (non-hydrogen) atoms. The van der Waals surface area contributed by atoms with Gasteiger partial charge in [-0.1, -0.05) is 19.9 Å². The average molecular weight is 155 g/mol. The van der Waals surface area contributed by atoms with Gasteiger partial charge in [0.15, 0.2) is 0 Å². The van der Waals surface area contributed by atoms with Crippen molar-refractivity contribution in [2.24, 2.45) is 0 Å². The van der Waals surface area contributed by atoms with E-state index in [-0.39, 0.29) is 12.0 Å². The molecular formula is C8H13NO2. The molecule has 1 rings (SSSR count). The molecule has 0 spiro atoms. The molecule has 0 aromatic rings. The summed E-state index contributed by atoms with van der Waals surface area (Å²) in [5.74, 6) is -0.322. The monoisotopic (exact) mass is 155 g/mol. The second kappa shape index (κ2) is 3.53. The summed E-state index contributed by atoms with van der Waals surface area (Å²) in [5, 5.41) is 0. The van der Waals surface area contributed by atoms with Gasteiger partial charge in [0.25, 0.3) is 0 Å². The van der Waals surface area contributed by atoms with Crippen molar-refractivity contribution in [3.05, 3.63) is 12.2 Å². The number of nitrogens with one attached hydrogen (secondary N) is 1. The van der Waals surface area contributed by atoms with Crippen molar-refractivity contribution in [3.8, 4) is 0 Å². The molecule has 0 aromatic carbocycles. The maximum absolute atomic E-state index is 10.8. The Morgan fingerprint density at radius 2 is 2.55 bits per heavy atom. The van der Waals surface area contributed by atoms with Gasteiger partial charge in [0.2, 0.25) is 0 Å². The Bertz CT molecular complexity index is 177. The van der Waals surface area contributed by atoms with Crippen molar-refractivity contribution < 1.29 is 9.63 Å². The Balaban J connectivity index is 2.40. The summed E-state index contributed by atoms with van der Waals surface area (Å²) in [5.41, 5.74) is 3.26. The molecule has 1 aliphatic rings. The maximum atomic E-state index is 10.8. The van der Waals surface area contributed by atoms with Gasteiger partial charge in [-0.15, -0.1) is 5.48 Å². The van der Waals surface area contributed by atoms with E-state index in [0.29, 0.717) is 12.0 Å². The molecule has 0 bridgehead atoms. The van der Waals surface area contributed by atoms with Gasteiger partial charge in [-0.3, -0.25) is 0 Å². The molecule has 0 aromatic heterocycles. The summed E-state index contributed by atoms with van der Waals surface area (Å²) < 4.78 is 0. The van der Waals surface area contributed by atoms with Crippen LogP contribution in [0.25, 0.3) is 0 Å². The maximum Gasteiger partial charge on any atom is 0.352 e. The largest absolute Gasteiger partial charge is 0.367 e. The number of carbonyl (C=O) groups excluding carboxylic acids is 1. The molecule has 0 unspecified atom stereocenters. The predicted octanol–water partition coefficient (Wildman–Crippen LogP) is 1.16. The standard InChI is InChI=1S/C8H13NO2/c1-3-4-7-5-6(2)8(10)11-9-7/h7,9H,2-5H2,1H3/t7-/m0/s1. The van der Waals surface area contributed by atoms with E-state index in [1.807, 2.05) is 0 Å². The molecule has 0 saturated carbocycles. The number of rotatable bonds is 2. The highest BCUT2D eigenvalue weighted by molar-refractivity contribution is 5.88. The zero-order chi connectivity index (χ0) is 8.27. The van der Waals surface area contributed by atoms with Crippen LogP contribution in [0.15, 0.2) is 12.2 Å². The van der Waals surface area contributed by atoms with Gasteiger partial charge in [0.05, 0.1) is 0 Å². The SMILES string of the molecule is C=C1C[C@H](CCC)NOC1=O. The lowest BCUT2D eigenvalue weighted by Gasteiger charge is -2.22. The fourth-order valence-electron chi connectivity index (χ4n) is 1.14. The van der Waals surface area contributed by atoms with Crippen LogP contribution in [0.3, 0.4) is 0 Å². The number of hydrogen-bond acceptors (Lipinski definition) is 3. The summed E-state index contributed by atoms with van der Waals surface area (Å²) in [6.45, 7) is 5.71. The first kappa shape index (κ1) is 8.27. The number of carbonyl (C=O) groups is 1. The summed E-state index contributed by atoms with van der Waals surface area (Å²) in [6.07, 6.45) is 2.82. The molecule has 1 N–H and O–H groups in total. The number of hydrogen-bond donors (Lipinski definition) is 1. The van der Waals surface area contributed by atoms with Crippen molar-refractivity contribution >= 4 is 5.97 Å². The predicted molar refractivity (Wildman–Crippen MR) is 41.7 cm³/mol. The minimum absolute atomic E-state index is 0.269. The Kier molecular flexibility index (Phi) is 2.65. The first-order chi connectivity index (χ1) is 5.24. The second-order valence-electron chi connectivity index (χ2n) is 2.80. The van der Waals surface area contributed by atoms with Crippen LogP contribution in [-0.2, 0) is 9.63 Å². The van der Waals surface area contributed by atoms with Gasteiger partial charge in [-0.25, -0.2) is 4.79 Å². The van der Waals surface area contributed by atoms with Gasteiger partial charge in [0, 0.05) is 11.6 Å². The van der Waals surface area contributed by atoms with Crippen molar-refractivity contribution in [2.45, 2.75) is 32.2 Å². The molecular weight excluding hydrogens is 142 g/mol. The fraction of sp³-hybridized carbons (Fsp3) is 0.625. The number of hydroxylamine groups is 1. The minimum atomic E-state index is -0.322. The van der Waals surface area contributed by atoms with Gasteiger partial charge < -0.3 is 4.84 Å². The smallest absolute Gasteiger partial charge is 0.352 e.